The number of pyridine rings is 2. The van der Waals surface area contributed by atoms with Crippen LogP contribution in [0.4, 0.5) is 13.8 Å². The first-order chi connectivity index (χ1) is 19.9. The van der Waals surface area contributed by atoms with Gasteiger partial charge in [-0.05, 0) is 65.8 Å². The molecule has 1 aliphatic rings. The number of alkyl halides is 2. The Morgan fingerprint density at radius 1 is 1.05 bits per heavy atom. The van der Waals surface area contributed by atoms with E-state index in [0.29, 0.717) is 45.1 Å². The smallest absolute Gasteiger partial charge is 0.387 e. The summed E-state index contributed by atoms with van der Waals surface area (Å²) in [7, 11) is 0. The van der Waals surface area contributed by atoms with E-state index in [1.54, 1.807) is 36.7 Å². The number of esters is 1. The number of nitrogens with zero attached hydrogens (tertiary/aromatic N) is 2. The molecule has 0 unspecified atom stereocenters. The van der Waals surface area contributed by atoms with Crippen LogP contribution in [0.25, 0.3) is 0 Å². The second kappa shape index (κ2) is 13.5. The SMILES string of the molecule is O=C(O[C@@H](Cc1c(Cl)cncc1Cl)c1ccc(OC(F)F)c(OCC2CC2)c1)c1ccc(NCc2cccnc2)s1. The number of carbonyl (C=O) groups is 1. The molecular formula is C29H25Cl2F2N3O4S. The van der Waals surface area contributed by atoms with E-state index < -0.39 is 18.7 Å². The normalized spacial score (nSPS) is 13.6. The Hall–Kier alpha value is -3.47. The fraction of sp³-hybridized carbons (Fsp3) is 0.276. The number of halogens is 4. The van der Waals surface area contributed by atoms with Crippen molar-refractivity contribution in [1.29, 1.82) is 0 Å². The molecule has 1 fully saturated rings. The molecule has 1 saturated carbocycles. The monoisotopic (exact) mass is 619 g/mol. The molecule has 7 nitrogen and oxygen atoms in total. The van der Waals surface area contributed by atoms with Gasteiger partial charge < -0.3 is 19.5 Å². The highest BCUT2D eigenvalue weighted by molar-refractivity contribution is 7.17. The first-order valence-electron chi connectivity index (χ1n) is 12.8. The molecule has 0 amide bonds. The Morgan fingerprint density at radius 3 is 2.56 bits per heavy atom. The molecule has 41 heavy (non-hydrogen) atoms. The molecule has 0 saturated heterocycles. The summed E-state index contributed by atoms with van der Waals surface area (Å²) in [5.74, 6) is -0.150. The number of aromatic nitrogens is 2. The van der Waals surface area contributed by atoms with Crippen molar-refractivity contribution in [1.82, 2.24) is 9.97 Å². The standard InChI is InChI=1S/C29H25Cl2F2N3O4S/c30-21-14-35-15-22(31)20(21)11-24(19-5-6-23(40-29(32)33)25(10-19)38-16-17-3-4-17)39-28(37)26-7-8-27(41-26)36-13-18-2-1-9-34-12-18/h1-2,5-10,12,14-15,17,24,29,36H,3-4,11,13,16H2/t24-/m0/s1. The lowest BCUT2D eigenvalue weighted by Gasteiger charge is -2.21. The fourth-order valence-electron chi connectivity index (χ4n) is 3.99. The molecule has 0 radical (unpaired) electrons. The lowest BCUT2D eigenvalue weighted by Crippen LogP contribution is -2.15. The summed E-state index contributed by atoms with van der Waals surface area (Å²) in [6.45, 7) is -2.10. The third-order valence-corrected chi connectivity index (χ3v) is 7.99. The number of hydrogen-bond donors (Lipinski definition) is 1. The van der Waals surface area contributed by atoms with Crippen LogP contribution in [-0.4, -0.2) is 29.2 Å². The highest BCUT2D eigenvalue weighted by atomic mass is 35.5. The maximum absolute atomic E-state index is 13.3. The Balaban J connectivity index is 1.38. The van der Waals surface area contributed by atoms with E-state index in [0.717, 1.165) is 23.4 Å². The van der Waals surface area contributed by atoms with Crippen molar-refractivity contribution in [2.24, 2.45) is 5.92 Å². The largest absolute Gasteiger partial charge is 0.489 e. The minimum Gasteiger partial charge on any atom is -0.489 e. The van der Waals surface area contributed by atoms with Crippen molar-refractivity contribution in [2.75, 3.05) is 11.9 Å². The van der Waals surface area contributed by atoms with Gasteiger partial charge in [0.15, 0.2) is 11.5 Å². The molecule has 3 heterocycles. The van der Waals surface area contributed by atoms with Gasteiger partial charge in [0.2, 0.25) is 0 Å². The summed E-state index contributed by atoms with van der Waals surface area (Å²) in [6.07, 6.45) is 7.63. The van der Waals surface area contributed by atoms with Crippen LogP contribution in [0.15, 0.2) is 67.3 Å². The van der Waals surface area contributed by atoms with Crippen molar-refractivity contribution in [3.63, 3.8) is 0 Å². The Morgan fingerprint density at radius 2 is 1.85 bits per heavy atom. The van der Waals surface area contributed by atoms with Gasteiger partial charge in [0, 0.05) is 37.8 Å². The van der Waals surface area contributed by atoms with Crippen LogP contribution < -0.4 is 14.8 Å². The maximum Gasteiger partial charge on any atom is 0.387 e. The predicted molar refractivity (Wildman–Crippen MR) is 153 cm³/mol. The zero-order valence-corrected chi connectivity index (χ0v) is 23.9. The molecule has 0 bridgehead atoms. The topological polar surface area (TPSA) is 82.6 Å². The second-order valence-electron chi connectivity index (χ2n) is 9.40. The van der Waals surface area contributed by atoms with Gasteiger partial charge in [-0.2, -0.15) is 8.78 Å². The fourth-order valence-corrected chi connectivity index (χ4v) is 5.29. The summed E-state index contributed by atoms with van der Waals surface area (Å²) < 4.78 is 42.6. The second-order valence-corrected chi connectivity index (χ2v) is 11.3. The van der Waals surface area contributed by atoms with Gasteiger partial charge in [0.1, 0.15) is 11.0 Å². The minimum atomic E-state index is -3.02. The van der Waals surface area contributed by atoms with Crippen LogP contribution in [-0.2, 0) is 17.7 Å². The number of thiophene rings is 1. The van der Waals surface area contributed by atoms with E-state index in [-0.39, 0.29) is 17.9 Å². The highest BCUT2D eigenvalue weighted by Crippen LogP contribution is 2.38. The number of carbonyl (C=O) groups excluding carboxylic acids is 1. The minimum absolute atomic E-state index is 0.1000. The average molecular weight is 621 g/mol. The Kier molecular flexibility index (Phi) is 9.53. The van der Waals surface area contributed by atoms with E-state index in [9.17, 15) is 13.6 Å². The molecule has 0 aliphatic heterocycles. The molecule has 0 spiro atoms. The van der Waals surface area contributed by atoms with Gasteiger partial charge in [0.25, 0.3) is 0 Å². The molecule has 3 aromatic heterocycles. The Labute approximate surface area is 249 Å². The van der Waals surface area contributed by atoms with Gasteiger partial charge in [-0.25, -0.2) is 4.79 Å². The van der Waals surface area contributed by atoms with Gasteiger partial charge in [-0.15, -0.1) is 11.3 Å². The van der Waals surface area contributed by atoms with Gasteiger partial charge in [-0.3, -0.25) is 9.97 Å². The van der Waals surface area contributed by atoms with Gasteiger partial charge >= 0.3 is 12.6 Å². The molecule has 1 N–H and O–H groups in total. The van der Waals surface area contributed by atoms with E-state index in [2.05, 4.69) is 20.0 Å². The zero-order chi connectivity index (χ0) is 28.8. The number of hydrogen-bond acceptors (Lipinski definition) is 8. The van der Waals surface area contributed by atoms with Gasteiger partial charge in [0.05, 0.1) is 21.7 Å². The quantitative estimate of drug-likeness (QED) is 0.152. The first kappa shape index (κ1) is 29.0. The van der Waals surface area contributed by atoms with E-state index in [1.165, 1.54) is 29.8 Å². The first-order valence-corrected chi connectivity index (χ1v) is 14.4. The lowest BCUT2D eigenvalue weighted by atomic mass is 10.0. The summed E-state index contributed by atoms with van der Waals surface area (Å²) >= 11 is 14.0. The van der Waals surface area contributed by atoms with Crippen LogP contribution >= 0.6 is 34.5 Å². The third-order valence-electron chi connectivity index (χ3n) is 6.31. The van der Waals surface area contributed by atoms with Crippen LogP contribution in [0.3, 0.4) is 0 Å². The number of ether oxygens (including phenoxy) is 3. The molecule has 4 aromatic rings. The summed E-state index contributed by atoms with van der Waals surface area (Å²) in [6, 6.07) is 11.8. The zero-order valence-electron chi connectivity index (χ0n) is 21.6. The van der Waals surface area contributed by atoms with Crippen molar-refractivity contribution in [2.45, 2.75) is 38.5 Å². The molecule has 1 aromatic carbocycles. The van der Waals surface area contributed by atoms with Crippen LogP contribution in [0.2, 0.25) is 10.0 Å². The van der Waals surface area contributed by atoms with E-state index in [4.69, 9.17) is 32.7 Å². The van der Waals surface area contributed by atoms with Crippen LogP contribution in [0, 0.1) is 5.92 Å². The summed E-state index contributed by atoms with van der Waals surface area (Å²) in [4.78, 5) is 21.8. The number of benzene rings is 1. The molecule has 12 heteroatoms. The van der Waals surface area contributed by atoms with Gasteiger partial charge in [-0.1, -0.05) is 35.3 Å². The molecular weight excluding hydrogens is 595 g/mol. The number of nitrogens with one attached hydrogen (secondary N) is 1. The van der Waals surface area contributed by atoms with E-state index in [1.807, 2.05) is 12.1 Å². The number of rotatable bonds is 13. The van der Waals surface area contributed by atoms with Crippen molar-refractivity contribution >= 4 is 45.5 Å². The van der Waals surface area contributed by atoms with Crippen LogP contribution in [0.5, 0.6) is 11.5 Å². The maximum atomic E-state index is 13.3. The van der Waals surface area contributed by atoms with Crippen molar-refractivity contribution in [3.05, 3.63) is 98.9 Å². The molecule has 214 valence electrons. The van der Waals surface area contributed by atoms with E-state index >= 15 is 0 Å². The number of anilines is 1. The predicted octanol–water partition coefficient (Wildman–Crippen LogP) is 7.99. The summed E-state index contributed by atoms with van der Waals surface area (Å²) in [5.41, 5.74) is 2.02. The van der Waals surface area contributed by atoms with Crippen molar-refractivity contribution < 1.29 is 27.8 Å². The average Bonchev–Trinajstić information content (AvgIpc) is 3.67. The van der Waals surface area contributed by atoms with Crippen molar-refractivity contribution in [3.8, 4) is 11.5 Å². The lowest BCUT2D eigenvalue weighted by molar-refractivity contribution is -0.0515. The molecule has 1 aliphatic carbocycles. The third kappa shape index (κ3) is 8.06. The summed E-state index contributed by atoms with van der Waals surface area (Å²) in [5, 5.41) is 4.66. The Bertz CT molecular complexity index is 1470. The molecule has 1 atom stereocenters. The highest BCUT2D eigenvalue weighted by Gasteiger charge is 2.26. The van der Waals surface area contributed by atoms with Crippen LogP contribution in [0.1, 0.15) is 45.3 Å². The molecule has 5 rings (SSSR count).